The van der Waals surface area contributed by atoms with Crippen molar-refractivity contribution < 1.29 is 4.74 Å². The molecule has 0 aliphatic rings. The molecule has 1 aromatic carbocycles. The van der Waals surface area contributed by atoms with Gasteiger partial charge >= 0.3 is 0 Å². The molecule has 1 aromatic heterocycles. The Balaban J connectivity index is 2.52. The van der Waals surface area contributed by atoms with Gasteiger partial charge in [0.15, 0.2) is 0 Å². The monoisotopic (exact) mass is 271 g/mol. The summed E-state index contributed by atoms with van der Waals surface area (Å²) in [5.74, 6) is 0.476. The molecule has 1 heterocycles. The van der Waals surface area contributed by atoms with E-state index in [0.29, 0.717) is 11.6 Å². The largest absolute Gasteiger partial charge is 0.480 e. The lowest BCUT2D eigenvalue weighted by atomic mass is 9.81. The Hall–Kier alpha value is -1.94. The minimum atomic E-state index is -0.353. The van der Waals surface area contributed by atoms with Gasteiger partial charge in [0.1, 0.15) is 5.69 Å². The highest BCUT2D eigenvalue weighted by Crippen LogP contribution is 2.32. The molecular weight excluding hydrogens is 250 g/mol. The van der Waals surface area contributed by atoms with Gasteiger partial charge in [-0.15, -0.1) is 0 Å². The van der Waals surface area contributed by atoms with E-state index >= 15 is 0 Å². The van der Waals surface area contributed by atoms with E-state index in [0.717, 1.165) is 5.56 Å². The Labute approximate surface area is 120 Å². The van der Waals surface area contributed by atoms with Crippen LogP contribution in [0, 0.1) is 0 Å². The summed E-state index contributed by atoms with van der Waals surface area (Å²) >= 11 is 0. The van der Waals surface area contributed by atoms with Crippen molar-refractivity contribution >= 4 is 0 Å². The topological polar surface area (TPSA) is 61.0 Å². The standard InChI is InChI=1S/C16H21N3O/c1-16(2,3)12-8-6-5-7-11(12)13(17)14-15(20-4)19-10-9-18-14/h5-10,13H,17H2,1-4H3. The number of hydrogen-bond acceptors (Lipinski definition) is 4. The Bertz CT molecular complexity index is 590. The predicted octanol–water partition coefficient (Wildman–Crippen LogP) is 2.83. The first kappa shape index (κ1) is 14.5. The second kappa shape index (κ2) is 5.59. The molecule has 0 radical (unpaired) electrons. The first-order valence-electron chi connectivity index (χ1n) is 6.65. The van der Waals surface area contributed by atoms with E-state index in [1.54, 1.807) is 19.5 Å². The van der Waals surface area contributed by atoms with Gasteiger partial charge < -0.3 is 10.5 Å². The molecule has 106 valence electrons. The third-order valence-electron chi connectivity index (χ3n) is 3.28. The van der Waals surface area contributed by atoms with E-state index in [2.05, 4.69) is 36.8 Å². The van der Waals surface area contributed by atoms with Crippen molar-refractivity contribution in [3.8, 4) is 5.88 Å². The molecule has 2 aromatic rings. The lowest BCUT2D eigenvalue weighted by molar-refractivity contribution is 0.386. The molecule has 0 fully saturated rings. The van der Waals surface area contributed by atoms with Gasteiger partial charge in [0.2, 0.25) is 5.88 Å². The molecule has 2 rings (SSSR count). The normalized spacial score (nSPS) is 13.1. The minimum Gasteiger partial charge on any atom is -0.480 e. The van der Waals surface area contributed by atoms with Crippen LogP contribution in [0.4, 0.5) is 0 Å². The number of ether oxygens (including phenoxy) is 1. The fourth-order valence-corrected chi connectivity index (χ4v) is 2.31. The molecule has 0 bridgehead atoms. The van der Waals surface area contributed by atoms with Crippen LogP contribution in [-0.4, -0.2) is 17.1 Å². The Kier molecular flexibility index (Phi) is 4.04. The molecule has 0 amide bonds. The molecule has 20 heavy (non-hydrogen) atoms. The first-order valence-corrected chi connectivity index (χ1v) is 6.65. The summed E-state index contributed by atoms with van der Waals surface area (Å²) in [4.78, 5) is 8.51. The average Bonchev–Trinajstić information content (AvgIpc) is 2.45. The van der Waals surface area contributed by atoms with Crippen molar-refractivity contribution in [1.82, 2.24) is 9.97 Å². The lowest BCUT2D eigenvalue weighted by Gasteiger charge is -2.25. The van der Waals surface area contributed by atoms with E-state index in [1.807, 2.05) is 18.2 Å². The van der Waals surface area contributed by atoms with Crippen LogP contribution in [-0.2, 0) is 5.41 Å². The summed E-state index contributed by atoms with van der Waals surface area (Å²) in [6.45, 7) is 6.52. The highest BCUT2D eigenvalue weighted by atomic mass is 16.5. The van der Waals surface area contributed by atoms with Crippen molar-refractivity contribution in [2.75, 3.05) is 7.11 Å². The zero-order valence-electron chi connectivity index (χ0n) is 12.4. The summed E-state index contributed by atoms with van der Waals surface area (Å²) in [5, 5.41) is 0. The van der Waals surface area contributed by atoms with Crippen LogP contribution >= 0.6 is 0 Å². The van der Waals surface area contributed by atoms with Gasteiger partial charge in [0.05, 0.1) is 13.2 Å². The molecule has 0 saturated heterocycles. The molecule has 0 aliphatic carbocycles. The van der Waals surface area contributed by atoms with Crippen molar-refractivity contribution in [1.29, 1.82) is 0 Å². The number of aromatic nitrogens is 2. The van der Waals surface area contributed by atoms with Crippen molar-refractivity contribution in [3.63, 3.8) is 0 Å². The summed E-state index contributed by atoms with van der Waals surface area (Å²) in [7, 11) is 1.58. The third-order valence-corrected chi connectivity index (χ3v) is 3.28. The van der Waals surface area contributed by atoms with E-state index in [1.165, 1.54) is 5.56 Å². The van der Waals surface area contributed by atoms with Crippen LogP contribution in [0.2, 0.25) is 0 Å². The van der Waals surface area contributed by atoms with Crippen LogP contribution in [0.25, 0.3) is 0 Å². The van der Waals surface area contributed by atoms with Crippen molar-refractivity contribution in [2.45, 2.75) is 32.2 Å². The molecule has 0 aliphatic heterocycles. The van der Waals surface area contributed by atoms with Gasteiger partial charge in [-0.3, -0.25) is 4.98 Å². The number of methoxy groups -OCH3 is 1. The first-order chi connectivity index (χ1) is 9.45. The van der Waals surface area contributed by atoms with Crippen molar-refractivity contribution in [2.24, 2.45) is 5.73 Å². The SMILES string of the molecule is COc1nccnc1C(N)c1ccccc1C(C)(C)C. The fraction of sp³-hybridized carbons (Fsp3) is 0.375. The Morgan fingerprint density at radius 3 is 2.40 bits per heavy atom. The van der Waals surface area contributed by atoms with Gasteiger partial charge in [-0.1, -0.05) is 45.0 Å². The fourth-order valence-electron chi connectivity index (χ4n) is 2.31. The number of rotatable bonds is 3. The lowest BCUT2D eigenvalue weighted by Crippen LogP contribution is -2.22. The highest BCUT2D eigenvalue weighted by Gasteiger charge is 2.24. The quantitative estimate of drug-likeness (QED) is 0.932. The summed E-state index contributed by atoms with van der Waals surface area (Å²) in [6, 6.07) is 7.82. The van der Waals surface area contributed by atoms with E-state index < -0.39 is 0 Å². The number of hydrogen-bond donors (Lipinski definition) is 1. The van der Waals surface area contributed by atoms with Crippen LogP contribution in [0.1, 0.15) is 43.6 Å². The van der Waals surface area contributed by atoms with Gasteiger partial charge in [0, 0.05) is 12.4 Å². The zero-order chi connectivity index (χ0) is 14.8. The maximum absolute atomic E-state index is 6.41. The molecule has 2 N–H and O–H groups in total. The maximum Gasteiger partial charge on any atom is 0.237 e. The van der Waals surface area contributed by atoms with Gasteiger partial charge in [-0.25, -0.2) is 4.98 Å². The summed E-state index contributed by atoms with van der Waals surface area (Å²) < 4.78 is 5.26. The number of benzene rings is 1. The minimum absolute atomic E-state index is 0.0175. The van der Waals surface area contributed by atoms with Crippen molar-refractivity contribution in [3.05, 3.63) is 53.5 Å². The molecule has 0 spiro atoms. The van der Waals surface area contributed by atoms with Crippen LogP contribution in [0.3, 0.4) is 0 Å². The average molecular weight is 271 g/mol. The molecule has 0 saturated carbocycles. The van der Waals surface area contributed by atoms with Crippen LogP contribution in [0.5, 0.6) is 5.88 Å². The number of nitrogens with zero attached hydrogens (tertiary/aromatic N) is 2. The number of nitrogens with two attached hydrogens (primary N) is 1. The molecule has 4 heteroatoms. The molecular formula is C16H21N3O. The molecule has 1 unspecified atom stereocenters. The van der Waals surface area contributed by atoms with Gasteiger partial charge in [0.25, 0.3) is 0 Å². The predicted molar refractivity (Wildman–Crippen MR) is 79.8 cm³/mol. The van der Waals surface area contributed by atoms with Gasteiger partial charge in [-0.05, 0) is 16.5 Å². The van der Waals surface area contributed by atoms with Crippen LogP contribution in [0.15, 0.2) is 36.7 Å². The third kappa shape index (κ3) is 2.80. The summed E-state index contributed by atoms with van der Waals surface area (Å²) in [6.07, 6.45) is 3.24. The molecule has 1 atom stereocenters. The van der Waals surface area contributed by atoms with Gasteiger partial charge in [-0.2, -0.15) is 0 Å². The second-order valence-corrected chi connectivity index (χ2v) is 5.77. The van der Waals surface area contributed by atoms with E-state index in [-0.39, 0.29) is 11.5 Å². The molecule has 4 nitrogen and oxygen atoms in total. The zero-order valence-corrected chi connectivity index (χ0v) is 12.4. The highest BCUT2D eigenvalue weighted by molar-refractivity contribution is 5.40. The Morgan fingerprint density at radius 1 is 1.10 bits per heavy atom. The van der Waals surface area contributed by atoms with E-state index in [4.69, 9.17) is 10.5 Å². The summed E-state index contributed by atoms with van der Waals surface area (Å²) in [5.41, 5.74) is 9.35. The van der Waals surface area contributed by atoms with Crippen LogP contribution < -0.4 is 10.5 Å². The second-order valence-electron chi connectivity index (χ2n) is 5.77. The van der Waals surface area contributed by atoms with E-state index in [9.17, 15) is 0 Å². The Morgan fingerprint density at radius 2 is 1.75 bits per heavy atom. The maximum atomic E-state index is 6.41. The smallest absolute Gasteiger partial charge is 0.237 e.